The lowest BCUT2D eigenvalue weighted by Gasteiger charge is -2.16. The van der Waals surface area contributed by atoms with E-state index >= 15 is 0 Å². The van der Waals surface area contributed by atoms with Crippen LogP contribution in [0.3, 0.4) is 0 Å². The Hall–Kier alpha value is -0.800. The van der Waals surface area contributed by atoms with Gasteiger partial charge in [-0.3, -0.25) is 19.2 Å². The van der Waals surface area contributed by atoms with E-state index in [-0.39, 0.29) is 41.6 Å². The topological polar surface area (TPSA) is 190 Å². The first-order chi connectivity index (χ1) is 12.2. The van der Waals surface area contributed by atoms with Gasteiger partial charge >= 0.3 is 23.9 Å². The largest absolute Gasteiger partial charge is 0.481 e. The Kier molecular flexibility index (Phi) is 37.6. The number of carbonyl (C=O) groups is 4. The average molecular weight is 473 g/mol. The second-order valence-corrected chi connectivity index (χ2v) is 5.95. The molecule has 14 heteroatoms. The summed E-state index contributed by atoms with van der Waals surface area (Å²) in [5.41, 5.74) is -0.306. The van der Waals surface area contributed by atoms with Crippen LogP contribution in [0.25, 0.3) is 0 Å². The monoisotopic (exact) mass is 472 g/mol. The Labute approximate surface area is 179 Å². The molecule has 27 heavy (non-hydrogen) atoms. The van der Waals surface area contributed by atoms with Crippen LogP contribution in [0.5, 0.6) is 0 Å². The number of aliphatic carboxylic acids is 4. The maximum absolute atomic E-state index is 9.29. The van der Waals surface area contributed by atoms with Gasteiger partial charge in [0.1, 0.15) is 0 Å². The van der Waals surface area contributed by atoms with Crippen LogP contribution >= 0.6 is 50.5 Å². The summed E-state index contributed by atoms with van der Waals surface area (Å²) in [5, 5.41) is 47.5. The molecule has 164 valence electrons. The average Bonchev–Trinajstić information content (AvgIpc) is 2.63. The van der Waals surface area contributed by atoms with Gasteiger partial charge in [0.2, 0.25) is 0 Å². The standard InChI is InChI=1S/C5H12O2.4C2H4O2S/c1-5(2,3-6)4-7;4*3-2(4)1-5/h6-7H,3-4H2,1-2H3;4*5H,1H2,(H,3,4). The highest BCUT2D eigenvalue weighted by Crippen LogP contribution is 2.10. The Balaban J connectivity index is -0.0000000753. The molecule has 0 aliphatic rings. The van der Waals surface area contributed by atoms with E-state index in [0.29, 0.717) is 0 Å². The first-order valence-corrected chi connectivity index (χ1v) is 9.26. The van der Waals surface area contributed by atoms with Crippen LogP contribution in [0.1, 0.15) is 13.8 Å². The smallest absolute Gasteiger partial charge is 0.313 e. The van der Waals surface area contributed by atoms with Crippen molar-refractivity contribution in [2.75, 3.05) is 36.2 Å². The van der Waals surface area contributed by atoms with Gasteiger partial charge in [-0.05, 0) is 0 Å². The molecule has 10 nitrogen and oxygen atoms in total. The van der Waals surface area contributed by atoms with Gasteiger partial charge in [-0.2, -0.15) is 50.5 Å². The third-order valence-corrected chi connectivity index (χ3v) is 2.48. The summed E-state index contributed by atoms with van der Waals surface area (Å²) < 4.78 is 0. The molecule has 0 atom stereocenters. The van der Waals surface area contributed by atoms with Crippen molar-refractivity contribution in [2.45, 2.75) is 13.8 Å². The van der Waals surface area contributed by atoms with E-state index < -0.39 is 23.9 Å². The second-order valence-electron chi connectivity index (χ2n) is 4.69. The number of hydrogen-bond donors (Lipinski definition) is 10. The molecule has 0 radical (unpaired) electrons. The Morgan fingerprint density at radius 3 is 0.704 bits per heavy atom. The fourth-order valence-corrected chi connectivity index (χ4v) is 0.0500. The van der Waals surface area contributed by atoms with Gasteiger partial charge in [0, 0.05) is 5.41 Å². The minimum absolute atomic E-state index is 0.0451. The predicted molar refractivity (Wildman–Crippen MR) is 114 cm³/mol. The van der Waals surface area contributed by atoms with Crippen molar-refractivity contribution in [1.29, 1.82) is 0 Å². The third kappa shape index (κ3) is 77.8. The predicted octanol–water partition coefficient (Wildman–Crippen LogP) is 0.000400. The normalized spacial score (nSPS) is 8.59. The summed E-state index contributed by atoms with van der Waals surface area (Å²) in [6.45, 7) is 3.69. The summed E-state index contributed by atoms with van der Waals surface area (Å²) in [6, 6.07) is 0. The van der Waals surface area contributed by atoms with Crippen molar-refractivity contribution in [3.63, 3.8) is 0 Å². The first-order valence-electron chi connectivity index (χ1n) is 6.73. The Bertz CT molecular complexity index is 329. The minimum atomic E-state index is -0.881. The van der Waals surface area contributed by atoms with Gasteiger partial charge in [-0.15, -0.1) is 0 Å². The van der Waals surface area contributed by atoms with Crippen LogP contribution in [0, 0.1) is 5.41 Å². The van der Waals surface area contributed by atoms with Gasteiger partial charge in [-0.1, -0.05) is 13.8 Å². The molecule has 0 aliphatic carbocycles. The number of rotatable bonds is 6. The summed E-state index contributed by atoms with van der Waals surface area (Å²) in [7, 11) is 0. The quantitative estimate of drug-likeness (QED) is 0.235. The molecule has 0 aromatic carbocycles. The molecule has 0 aromatic heterocycles. The molecule has 0 rings (SSSR count). The number of thiol groups is 4. The molecule has 0 aromatic rings. The van der Waals surface area contributed by atoms with Crippen molar-refractivity contribution < 1.29 is 49.8 Å². The van der Waals surface area contributed by atoms with Crippen molar-refractivity contribution in [3.8, 4) is 0 Å². The highest BCUT2D eigenvalue weighted by atomic mass is 32.1. The van der Waals surface area contributed by atoms with E-state index in [1.54, 1.807) is 13.8 Å². The van der Waals surface area contributed by atoms with Gasteiger partial charge in [0.15, 0.2) is 0 Å². The van der Waals surface area contributed by atoms with Crippen LogP contribution in [-0.4, -0.2) is 90.7 Å². The second kappa shape index (κ2) is 27.4. The van der Waals surface area contributed by atoms with Gasteiger partial charge in [-0.25, -0.2) is 0 Å². The van der Waals surface area contributed by atoms with Crippen molar-refractivity contribution in [1.82, 2.24) is 0 Å². The summed E-state index contributed by atoms with van der Waals surface area (Å²) in [4.78, 5) is 37.2. The molecule has 0 amide bonds. The Morgan fingerprint density at radius 1 is 0.593 bits per heavy atom. The van der Waals surface area contributed by atoms with E-state index in [1.165, 1.54) is 0 Å². The number of aliphatic hydroxyl groups is 2. The van der Waals surface area contributed by atoms with Gasteiger partial charge < -0.3 is 30.6 Å². The van der Waals surface area contributed by atoms with Crippen LogP contribution in [-0.2, 0) is 19.2 Å². The molecule has 0 saturated heterocycles. The fourth-order valence-electron chi connectivity index (χ4n) is 0.0500. The van der Waals surface area contributed by atoms with E-state index in [2.05, 4.69) is 50.5 Å². The lowest BCUT2D eigenvalue weighted by molar-refractivity contribution is -0.134. The Morgan fingerprint density at radius 2 is 0.704 bits per heavy atom. The molecule has 0 aliphatic heterocycles. The third-order valence-electron chi connectivity index (χ3n) is 1.40. The molecule has 0 bridgehead atoms. The van der Waals surface area contributed by atoms with Gasteiger partial charge in [0.25, 0.3) is 0 Å². The van der Waals surface area contributed by atoms with Crippen LogP contribution in [0.15, 0.2) is 0 Å². The highest BCUT2D eigenvalue weighted by Gasteiger charge is 2.13. The van der Waals surface area contributed by atoms with E-state index in [0.717, 1.165) is 0 Å². The molecular formula is C13H28O10S4. The molecule has 0 spiro atoms. The van der Waals surface area contributed by atoms with E-state index in [9.17, 15) is 19.2 Å². The number of carboxylic acid groups (broad SMARTS) is 4. The zero-order valence-corrected chi connectivity index (χ0v) is 18.4. The lowest BCUT2D eigenvalue weighted by atomic mass is 9.97. The van der Waals surface area contributed by atoms with Crippen molar-refractivity contribution >= 4 is 74.4 Å². The van der Waals surface area contributed by atoms with E-state index in [1.807, 2.05) is 0 Å². The maximum atomic E-state index is 9.29. The fraction of sp³-hybridized carbons (Fsp3) is 0.692. The van der Waals surface area contributed by atoms with Crippen molar-refractivity contribution in [2.24, 2.45) is 5.41 Å². The van der Waals surface area contributed by atoms with Crippen LogP contribution < -0.4 is 0 Å². The molecule has 6 N–H and O–H groups in total. The molecule has 0 fully saturated rings. The lowest BCUT2D eigenvalue weighted by Crippen LogP contribution is -2.20. The van der Waals surface area contributed by atoms with Crippen molar-refractivity contribution in [3.05, 3.63) is 0 Å². The summed E-state index contributed by atoms with van der Waals surface area (Å²) >= 11 is 13.7. The minimum Gasteiger partial charge on any atom is -0.481 e. The zero-order chi connectivity index (χ0) is 23.1. The SMILES string of the molecule is CC(C)(CO)CO.O=C(O)CS.O=C(O)CS.O=C(O)CS.O=C(O)CS. The number of carboxylic acids is 4. The molecule has 0 heterocycles. The summed E-state index contributed by atoms with van der Waals surface area (Å²) in [6.07, 6.45) is 0. The van der Waals surface area contributed by atoms with Crippen LogP contribution in [0.2, 0.25) is 0 Å². The summed E-state index contributed by atoms with van der Waals surface area (Å²) in [5.74, 6) is -3.86. The van der Waals surface area contributed by atoms with Crippen LogP contribution in [0.4, 0.5) is 0 Å². The zero-order valence-electron chi connectivity index (χ0n) is 14.8. The van der Waals surface area contributed by atoms with Gasteiger partial charge in [0.05, 0.1) is 36.2 Å². The molecule has 0 saturated carbocycles. The van der Waals surface area contributed by atoms with E-state index in [4.69, 9.17) is 30.6 Å². The molecular weight excluding hydrogens is 444 g/mol. The first kappa shape index (κ1) is 37.0. The highest BCUT2D eigenvalue weighted by molar-refractivity contribution is 7.81. The number of aliphatic hydroxyl groups excluding tert-OH is 2. The number of hydrogen-bond acceptors (Lipinski definition) is 10. The maximum Gasteiger partial charge on any atom is 0.313 e. The molecule has 0 unspecified atom stereocenters.